The van der Waals surface area contributed by atoms with E-state index in [9.17, 15) is 14.0 Å². The molecule has 1 heterocycles. The van der Waals surface area contributed by atoms with Crippen molar-refractivity contribution in [2.75, 3.05) is 18.1 Å². The fourth-order valence-corrected chi connectivity index (χ4v) is 4.74. The Morgan fingerprint density at radius 2 is 1.58 bits per heavy atom. The number of nitrogens with zero attached hydrogens (tertiary/aromatic N) is 1. The van der Waals surface area contributed by atoms with Crippen molar-refractivity contribution in [3.05, 3.63) is 89.5 Å². The molecule has 3 aromatic rings. The molecule has 1 saturated carbocycles. The lowest BCUT2D eigenvalue weighted by atomic mass is 10.0. The first-order valence-electron chi connectivity index (χ1n) is 12.0. The van der Waals surface area contributed by atoms with E-state index in [1.807, 2.05) is 0 Å². The number of anilines is 1. The average Bonchev–Trinajstić information content (AvgIpc) is 3.41. The van der Waals surface area contributed by atoms with E-state index in [0.29, 0.717) is 30.3 Å². The molecule has 6 nitrogen and oxygen atoms in total. The monoisotopic (exact) mass is 492 g/mol. The van der Waals surface area contributed by atoms with E-state index in [2.05, 4.69) is 5.32 Å². The van der Waals surface area contributed by atoms with Gasteiger partial charge in [0.2, 0.25) is 5.91 Å². The first kappa shape index (κ1) is 23.8. The molecule has 1 N–H and O–H groups in total. The van der Waals surface area contributed by atoms with Crippen LogP contribution in [0.4, 0.5) is 14.5 Å². The van der Waals surface area contributed by atoms with Crippen molar-refractivity contribution in [2.45, 2.75) is 37.8 Å². The second-order valence-electron chi connectivity index (χ2n) is 8.93. The van der Waals surface area contributed by atoms with Gasteiger partial charge in [-0.25, -0.2) is 8.78 Å². The van der Waals surface area contributed by atoms with E-state index in [-0.39, 0.29) is 17.3 Å². The highest BCUT2D eigenvalue weighted by Crippen LogP contribution is 2.35. The van der Waals surface area contributed by atoms with Gasteiger partial charge in [0, 0.05) is 11.6 Å². The molecule has 2 aliphatic rings. The minimum Gasteiger partial charge on any atom is -0.486 e. The highest BCUT2D eigenvalue weighted by molar-refractivity contribution is 6.10. The Hall–Kier alpha value is -3.94. The van der Waals surface area contributed by atoms with Crippen LogP contribution < -0.4 is 19.7 Å². The Morgan fingerprint density at radius 1 is 0.889 bits per heavy atom. The van der Waals surface area contributed by atoms with E-state index in [0.717, 1.165) is 30.6 Å². The fourth-order valence-electron chi connectivity index (χ4n) is 4.74. The van der Waals surface area contributed by atoms with Gasteiger partial charge < -0.3 is 14.8 Å². The number of para-hydroxylation sites is 1. The van der Waals surface area contributed by atoms with Gasteiger partial charge >= 0.3 is 0 Å². The molecule has 0 radical (unpaired) electrons. The molecular weight excluding hydrogens is 466 g/mol. The molecule has 3 aromatic carbocycles. The van der Waals surface area contributed by atoms with Crippen molar-refractivity contribution in [3.8, 4) is 11.5 Å². The molecule has 8 heteroatoms. The van der Waals surface area contributed by atoms with E-state index in [1.165, 1.54) is 48.5 Å². The third-order valence-corrected chi connectivity index (χ3v) is 6.51. The average molecular weight is 493 g/mol. The number of benzene rings is 3. The summed E-state index contributed by atoms with van der Waals surface area (Å²) in [5.41, 5.74) is 0.498. The quantitative estimate of drug-likeness (QED) is 0.515. The lowest BCUT2D eigenvalue weighted by Gasteiger charge is -2.33. The van der Waals surface area contributed by atoms with Gasteiger partial charge in [0.25, 0.3) is 5.91 Å². The molecule has 0 aromatic heterocycles. The van der Waals surface area contributed by atoms with Gasteiger partial charge in [0.05, 0.1) is 5.69 Å². The van der Waals surface area contributed by atoms with Crippen LogP contribution in [-0.2, 0) is 4.79 Å². The molecule has 0 saturated heterocycles. The molecule has 186 valence electrons. The van der Waals surface area contributed by atoms with Gasteiger partial charge in [0.15, 0.2) is 11.5 Å². The third kappa shape index (κ3) is 4.89. The predicted molar refractivity (Wildman–Crippen MR) is 130 cm³/mol. The van der Waals surface area contributed by atoms with E-state index < -0.39 is 29.5 Å². The number of rotatable bonds is 6. The van der Waals surface area contributed by atoms with E-state index in [4.69, 9.17) is 9.47 Å². The van der Waals surface area contributed by atoms with Crippen LogP contribution in [0.5, 0.6) is 11.5 Å². The van der Waals surface area contributed by atoms with Gasteiger partial charge in [0.1, 0.15) is 30.9 Å². The van der Waals surface area contributed by atoms with Crippen molar-refractivity contribution >= 4 is 17.5 Å². The molecule has 1 aliphatic carbocycles. The SMILES string of the molecule is O=C(NC1CCCC1)C(c1ccc(F)cc1)N(C(=O)c1ccc2c(c1)OCCO2)c1ccccc1F. The van der Waals surface area contributed by atoms with Gasteiger partial charge in [-0.05, 0) is 60.9 Å². The van der Waals surface area contributed by atoms with Gasteiger partial charge in [-0.2, -0.15) is 0 Å². The lowest BCUT2D eigenvalue weighted by molar-refractivity contribution is -0.123. The summed E-state index contributed by atoms with van der Waals surface area (Å²) in [6.45, 7) is 0.735. The zero-order valence-electron chi connectivity index (χ0n) is 19.6. The Balaban J connectivity index is 1.61. The number of hydrogen-bond acceptors (Lipinski definition) is 4. The van der Waals surface area contributed by atoms with Gasteiger partial charge in [-0.3, -0.25) is 14.5 Å². The minimum absolute atomic E-state index is 0.0349. The molecule has 1 fully saturated rings. The summed E-state index contributed by atoms with van der Waals surface area (Å²) in [7, 11) is 0. The van der Waals surface area contributed by atoms with Gasteiger partial charge in [-0.15, -0.1) is 0 Å². The summed E-state index contributed by atoms with van der Waals surface area (Å²) in [5, 5.41) is 3.02. The normalized spacial score (nSPS) is 15.8. The number of carbonyl (C=O) groups excluding carboxylic acids is 2. The largest absolute Gasteiger partial charge is 0.486 e. The van der Waals surface area contributed by atoms with Crippen LogP contribution in [0.25, 0.3) is 0 Å². The zero-order valence-corrected chi connectivity index (χ0v) is 19.6. The van der Waals surface area contributed by atoms with Crippen molar-refractivity contribution in [1.82, 2.24) is 5.32 Å². The summed E-state index contributed by atoms with van der Waals surface area (Å²) in [4.78, 5) is 28.9. The fraction of sp³-hybridized carbons (Fsp3) is 0.286. The molecule has 1 unspecified atom stereocenters. The Labute approximate surface area is 207 Å². The molecule has 36 heavy (non-hydrogen) atoms. The van der Waals surface area contributed by atoms with Crippen molar-refractivity contribution in [1.29, 1.82) is 0 Å². The van der Waals surface area contributed by atoms with Crippen LogP contribution in [0.3, 0.4) is 0 Å². The van der Waals surface area contributed by atoms with E-state index >= 15 is 4.39 Å². The standard InChI is InChI=1S/C28H26F2N2O4/c29-20-12-9-18(10-13-20)26(27(33)31-21-5-1-2-6-21)32(23-8-4-3-7-22(23)30)28(34)19-11-14-24-25(17-19)36-16-15-35-24/h3-4,7-14,17,21,26H,1-2,5-6,15-16H2,(H,31,33). The summed E-state index contributed by atoms with van der Waals surface area (Å²) >= 11 is 0. The maximum absolute atomic E-state index is 15.2. The highest BCUT2D eigenvalue weighted by Gasteiger charge is 2.36. The maximum atomic E-state index is 15.2. The smallest absolute Gasteiger partial charge is 0.259 e. The van der Waals surface area contributed by atoms with Crippen LogP contribution in [-0.4, -0.2) is 31.1 Å². The van der Waals surface area contributed by atoms with Crippen molar-refractivity contribution < 1.29 is 27.8 Å². The van der Waals surface area contributed by atoms with Crippen LogP contribution in [0, 0.1) is 11.6 Å². The molecule has 0 spiro atoms. The first-order valence-corrected chi connectivity index (χ1v) is 12.0. The van der Waals surface area contributed by atoms with Crippen LogP contribution in [0.2, 0.25) is 0 Å². The number of fused-ring (bicyclic) bond motifs is 1. The van der Waals surface area contributed by atoms with Crippen molar-refractivity contribution in [3.63, 3.8) is 0 Å². The predicted octanol–water partition coefficient (Wildman–Crippen LogP) is 5.18. The van der Waals surface area contributed by atoms with Crippen LogP contribution >= 0.6 is 0 Å². The molecular formula is C28H26F2N2O4. The third-order valence-electron chi connectivity index (χ3n) is 6.51. The number of hydrogen-bond donors (Lipinski definition) is 1. The summed E-state index contributed by atoms with van der Waals surface area (Å²) in [5.74, 6) is -1.30. The number of carbonyl (C=O) groups is 2. The topological polar surface area (TPSA) is 67.9 Å². The Bertz CT molecular complexity index is 1260. The second kappa shape index (κ2) is 10.4. The Kier molecular flexibility index (Phi) is 6.84. The van der Waals surface area contributed by atoms with Crippen molar-refractivity contribution in [2.24, 2.45) is 0 Å². The molecule has 1 aliphatic heterocycles. The second-order valence-corrected chi connectivity index (χ2v) is 8.93. The maximum Gasteiger partial charge on any atom is 0.259 e. The molecule has 2 amide bonds. The zero-order chi connectivity index (χ0) is 25.1. The van der Waals surface area contributed by atoms with Crippen LogP contribution in [0.15, 0.2) is 66.7 Å². The molecule has 1 atom stereocenters. The first-order chi connectivity index (χ1) is 17.5. The number of halogens is 2. The Morgan fingerprint density at radius 3 is 2.31 bits per heavy atom. The van der Waals surface area contributed by atoms with Gasteiger partial charge in [-0.1, -0.05) is 37.1 Å². The minimum atomic E-state index is -1.23. The summed E-state index contributed by atoms with van der Waals surface area (Å²) in [6.07, 6.45) is 3.66. The summed E-state index contributed by atoms with van der Waals surface area (Å²) in [6, 6.07) is 14.6. The van der Waals surface area contributed by atoms with Crippen LogP contribution in [0.1, 0.15) is 47.6 Å². The number of amides is 2. The lowest BCUT2D eigenvalue weighted by Crippen LogP contribution is -2.46. The highest BCUT2D eigenvalue weighted by atomic mass is 19.1. The molecule has 5 rings (SSSR count). The van der Waals surface area contributed by atoms with E-state index in [1.54, 1.807) is 18.2 Å². The number of nitrogens with one attached hydrogen (secondary N) is 1. The molecule has 0 bridgehead atoms. The summed E-state index contributed by atoms with van der Waals surface area (Å²) < 4.78 is 40.1. The number of ether oxygens (including phenoxy) is 2.